The van der Waals surface area contributed by atoms with Crippen LogP contribution in [0.5, 0.6) is 17.2 Å². The molecule has 2 aliphatic heterocycles. The fourth-order valence-electron chi connectivity index (χ4n) is 6.68. The highest BCUT2D eigenvalue weighted by molar-refractivity contribution is 6.30. The first-order chi connectivity index (χ1) is 21.1. The van der Waals surface area contributed by atoms with Crippen molar-refractivity contribution >= 4 is 23.8 Å². The highest BCUT2D eigenvalue weighted by Crippen LogP contribution is 2.51. The van der Waals surface area contributed by atoms with Crippen LogP contribution in [0.15, 0.2) is 34.8 Å². The van der Waals surface area contributed by atoms with Crippen molar-refractivity contribution in [2.45, 2.75) is 89.0 Å². The second kappa shape index (κ2) is 11.9. The molecule has 11 nitrogen and oxygen atoms in total. The fourth-order valence-corrected chi connectivity index (χ4v) is 6.68. The lowest BCUT2D eigenvalue weighted by molar-refractivity contribution is -0.268. The maximum atomic E-state index is 14.3. The van der Waals surface area contributed by atoms with Crippen LogP contribution >= 0.6 is 0 Å². The molecule has 2 aromatic rings. The van der Waals surface area contributed by atoms with Gasteiger partial charge in [-0.15, -0.1) is 0 Å². The number of nitrogens with zero attached hydrogens (tertiary/aromatic N) is 1. The molecular weight excluding hydrogens is 570 g/mol. The van der Waals surface area contributed by atoms with E-state index in [1.54, 1.807) is 6.21 Å². The number of hydrogen-bond donors (Lipinski definition) is 4. The molecule has 0 spiro atoms. The molecule has 2 aromatic carbocycles. The van der Waals surface area contributed by atoms with Crippen molar-refractivity contribution < 1.29 is 49.0 Å². The third kappa shape index (κ3) is 5.23. The molecule has 4 aliphatic rings. The monoisotopic (exact) mass is 605 g/mol. The van der Waals surface area contributed by atoms with Gasteiger partial charge in [-0.1, -0.05) is 25.3 Å². The average molecular weight is 606 g/mol. The molecule has 0 aromatic heterocycles. The van der Waals surface area contributed by atoms with Crippen LogP contribution in [0.2, 0.25) is 0 Å². The fraction of sp³-hybridized carbons (Fsp3) is 0.455. The summed E-state index contributed by atoms with van der Waals surface area (Å²) in [4.78, 5) is 44.3. The van der Waals surface area contributed by atoms with Gasteiger partial charge in [-0.2, -0.15) is 0 Å². The highest BCUT2D eigenvalue weighted by Gasteiger charge is 2.46. The lowest BCUT2D eigenvalue weighted by atomic mass is 9.74. The molecule has 6 rings (SSSR count). The molecule has 0 radical (unpaired) electrons. The summed E-state index contributed by atoms with van der Waals surface area (Å²) in [5.41, 5.74) is 1.30. The lowest BCUT2D eigenvalue weighted by Crippen LogP contribution is -2.58. The standard InChI is InChI=1S/C33H35NO10/c1-15-26(36)30(40)31(41)33(42-15)44-32-22(12-17-10-11-34-14-17)24-25(29(39)23(32)18-6-4-3-5-7-18)27(37)20-9-8-19(43-16(2)35)13-21(20)28(24)38/h8-10,13-15,18,26,30-31,33,36,39-41H,3-7,11-12H2,1-2H3/t15-,26-,30-,31-,33-/m1/s1. The molecular formula is C33H35NO10. The van der Waals surface area contributed by atoms with E-state index in [4.69, 9.17) is 14.2 Å². The van der Waals surface area contributed by atoms with Crippen LogP contribution < -0.4 is 9.47 Å². The van der Waals surface area contributed by atoms with E-state index < -0.39 is 48.2 Å². The number of ether oxygens (including phenoxy) is 3. The molecule has 1 saturated heterocycles. The second-order valence-corrected chi connectivity index (χ2v) is 11.9. The minimum absolute atomic E-state index is 0.00783. The number of aliphatic hydroxyl groups excluding tert-OH is 3. The number of allylic oxidation sites excluding steroid dienone is 1. The molecule has 44 heavy (non-hydrogen) atoms. The Hall–Kier alpha value is -3.90. The van der Waals surface area contributed by atoms with E-state index in [-0.39, 0.29) is 51.8 Å². The van der Waals surface area contributed by atoms with Crippen LogP contribution in [0, 0.1) is 0 Å². The summed E-state index contributed by atoms with van der Waals surface area (Å²) in [7, 11) is 0. The number of benzene rings is 2. The Bertz CT molecular complexity index is 1590. The Morgan fingerprint density at radius 3 is 2.41 bits per heavy atom. The summed E-state index contributed by atoms with van der Waals surface area (Å²) >= 11 is 0. The summed E-state index contributed by atoms with van der Waals surface area (Å²) in [6, 6.07) is 4.17. The number of carbonyl (C=O) groups excluding carboxylic acids is 3. The molecule has 2 fully saturated rings. The Labute approximate surface area is 253 Å². The van der Waals surface area contributed by atoms with Gasteiger partial charge in [-0.3, -0.25) is 19.4 Å². The normalized spacial score (nSPS) is 26.7. The average Bonchev–Trinajstić information content (AvgIpc) is 3.52. The number of ketones is 2. The number of aliphatic imine (C=N–C) groups is 1. The molecule has 2 heterocycles. The summed E-state index contributed by atoms with van der Waals surface area (Å²) in [5.74, 6) is -2.13. The zero-order valence-corrected chi connectivity index (χ0v) is 24.5. The van der Waals surface area contributed by atoms with Crippen LogP contribution in [0.3, 0.4) is 0 Å². The van der Waals surface area contributed by atoms with Crippen molar-refractivity contribution in [2.24, 2.45) is 4.99 Å². The van der Waals surface area contributed by atoms with Crippen molar-refractivity contribution in [1.29, 1.82) is 0 Å². The van der Waals surface area contributed by atoms with E-state index in [9.17, 15) is 34.8 Å². The van der Waals surface area contributed by atoms with Gasteiger partial charge in [-0.05, 0) is 49.5 Å². The van der Waals surface area contributed by atoms with Crippen LogP contribution in [0.4, 0.5) is 0 Å². The molecule has 1 saturated carbocycles. The molecule has 0 unspecified atom stereocenters. The van der Waals surface area contributed by atoms with E-state index in [0.29, 0.717) is 30.5 Å². The van der Waals surface area contributed by atoms with E-state index in [1.165, 1.54) is 32.0 Å². The van der Waals surface area contributed by atoms with Crippen LogP contribution in [0.25, 0.3) is 0 Å². The van der Waals surface area contributed by atoms with Crippen molar-refractivity contribution in [3.8, 4) is 17.2 Å². The van der Waals surface area contributed by atoms with Crippen LogP contribution in [-0.4, -0.2) is 81.4 Å². The Kier molecular flexibility index (Phi) is 8.14. The van der Waals surface area contributed by atoms with Crippen LogP contribution in [-0.2, 0) is 16.0 Å². The van der Waals surface area contributed by atoms with Gasteiger partial charge in [0.25, 0.3) is 0 Å². The summed E-state index contributed by atoms with van der Waals surface area (Å²) in [6.07, 6.45) is 0.888. The highest BCUT2D eigenvalue weighted by atomic mass is 16.7. The maximum Gasteiger partial charge on any atom is 0.308 e. The Morgan fingerprint density at radius 1 is 1.00 bits per heavy atom. The third-order valence-electron chi connectivity index (χ3n) is 8.91. The van der Waals surface area contributed by atoms with Gasteiger partial charge in [0.1, 0.15) is 35.6 Å². The van der Waals surface area contributed by atoms with Crippen molar-refractivity contribution in [3.63, 3.8) is 0 Å². The largest absolute Gasteiger partial charge is 0.507 e. The number of aliphatic hydroxyl groups is 3. The zero-order valence-electron chi connectivity index (χ0n) is 24.5. The molecule has 5 atom stereocenters. The van der Waals surface area contributed by atoms with E-state index in [0.717, 1.165) is 24.8 Å². The number of rotatable bonds is 6. The number of phenolic OH excluding ortho intramolecular Hbond substituents is 1. The van der Waals surface area contributed by atoms with Gasteiger partial charge in [0.05, 0.1) is 18.2 Å². The zero-order chi connectivity index (χ0) is 31.3. The van der Waals surface area contributed by atoms with Crippen molar-refractivity contribution in [1.82, 2.24) is 0 Å². The van der Waals surface area contributed by atoms with Crippen LogP contribution in [0.1, 0.15) is 94.8 Å². The molecule has 2 aliphatic carbocycles. The quantitative estimate of drug-likeness (QED) is 0.242. The SMILES string of the molecule is CC(=O)Oc1ccc2c(c1)C(=O)c1c(CC3=CCN=C3)c(O[C@H]3O[C@H](C)[C@@H](O)[C@@H](O)[C@H]3O)c(C3CCCCC3)c(O)c1C2=O. The molecule has 232 valence electrons. The van der Waals surface area contributed by atoms with Gasteiger partial charge >= 0.3 is 5.97 Å². The van der Waals surface area contributed by atoms with E-state index >= 15 is 0 Å². The first kappa shape index (κ1) is 30.1. The Balaban J connectivity index is 1.59. The number of aromatic hydroxyl groups is 1. The van der Waals surface area contributed by atoms with Gasteiger partial charge < -0.3 is 34.6 Å². The van der Waals surface area contributed by atoms with Gasteiger partial charge in [-0.25, -0.2) is 0 Å². The predicted octanol–water partition coefficient (Wildman–Crippen LogP) is 2.90. The van der Waals surface area contributed by atoms with Gasteiger partial charge in [0, 0.05) is 47.4 Å². The van der Waals surface area contributed by atoms with Crippen molar-refractivity contribution in [3.05, 3.63) is 63.2 Å². The minimum Gasteiger partial charge on any atom is -0.507 e. The number of phenols is 1. The number of hydrogen-bond acceptors (Lipinski definition) is 11. The second-order valence-electron chi connectivity index (χ2n) is 11.9. The van der Waals surface area contributed by atoms with Gasteiger partial charge in [0.2, 0.25) is 6.29 Å². The molecule has 0 bridgehead atoms. The summed E-state index contributed by atoms with van der Waals surface area (Å²) < 4.78 is 17.3. The van der Waals surface area contributed by atoms with Gasteiger partial charge in [0.15, 0.2) is 11.6 Å². The summed E-state index contributed by atoms with van der Waals surface area (Å²) in [5, 5.41) is 43.6. The Morgan fingerprint density at radius 2 is 1.73 bits per heavy atom. The first-order valence-corrected chi connectivity index (χ1v) is 15.0. The first-order valence-electron chi connectivity index (χ1n) is 15.0. The topological polar surface area (TPSA) is 172 Å². The molecule has 11 heteroatoms. The molecule has 4 N–H and O–H groups in total. The minimum atomic E-state index is -1.65. The molecule has 0 amide bonds. The lowest BCUT2D eigenvalue weighted by Gasteiger charge is -2.40. The predicted molar refractivity (Wildman–Crippen MR) is 157 cm³/mol. The number of carbonyl (C=O) groups is 3. The number of esters is 1. The van der Waals surface area contributed by atoms with E-state index in [2.05, 4.69) is 4.99 Å². The smallest absolute Gasteiger partial charge is 0.308 e. The summed E-state index contributed by atoms with van der Waals surface area (Å²) in [6.45, 7) is 3.20. The van der Waals surface area contributed by atoms with E-state index in [1.807, 2.05) is 6.08 Å². The number of fused-ring (bicyclic) bond motifs is 2. The maximum absolute atomic E-state index is 14.3. The van der Waals surface area contributed by atoms with Crippen molar-refractivity contribution in [2.75, 3.05) is 6.54 Å². The third-order valence-corrected chi connectivity index (χ3v) is 8.91.